The topological polar surface area (TPSA) is 26.3 Å². The summed E-state index contributed by atoms with van der Waals surface area (Å²) >= 11 is 0. The van der Waals surface area contributed by atoms with Gasteiger partial charge in [0.05, 0.1) is 0 Å². The normalized spacial score (nSPS) is 10.4. The van der Waals surface area contributed by atoms with Crippen LogP contribution in [-0.4, -0.2) is 5.78 Å². The highest BCUT2D eigenvalue weighted by Gasteiger charge is 2.10. The van der Waals surface area contributed by atoms with Gasteiger partial charge < -0.3 is 4.74 Å². The van der Waals surface area contributed by atoms with Crippen molar-refractivity contribution in [2.45, 2.75) is 26.4 Å². The van der Waals surface area contributed by atoms with Gasteiger partial charge >= 0.3 is 0 Å². The van der Waals surface area contributed by atoms with E-state index >= 15 is 0 Å². The maximum Gasteiger partial charge on any atom is 0.163 e. The molecule has 2 heteroatoms. The molecule has 3 rings (SSSR count). The zero-order chi connectivity index (χ0) is 17.5. The number of carbonyl (C=O) groups excluding carboxylic acids is 1. The van der Waals surface area contributed by atoms with Crippen molar-refractivity contribution in [3.8, 4) is 5.75 Å². The van der Waals surface area contributed by atoms with Crippen molar-refractivity contribution in [2.75, 3.05) is 0 Å². The van der Waals surface area contributed by atoms with Gasteiger partial charge in [0.15, 0.2) is 5.78 Å². The molecule has 0 spiro atoms. The number of hydrogen-bond donors (Lipinski definition) is 0. The van der Waals surface area contributed by atoms with E-state index in [0.717, 1.165) is 28.9 Å². The molecule has 0 aromatic heterocycles. The molecule has 2 nitrogen and oxygen atoms in total. The Morgan fingerprint density at radius 1 is 0.840 bits per heavy atom. The molecule has 0 saturated heterocycles. The van der Waals surface area contributed by atoms with Crippen LogP contribution in [0.15, 0.2) is 78.9 Å². The highest BCUT2D eigenvalue weighted by atomic mass is 16.5. The summed E-state index contributed by atoms with van der Waals surface area (Å²) in [6, 6.07) is 25.9. The lowest BCUT2D eigenvalue weighted by Gasteiger charge is -2.10. The molecule has 0 N–H and O–H groups in total. The molecule has 3 aromatic carbocycles. The number of ether oxygens (including phenoxy) is 1. The first-order chi connectivity index (χ1) is 12.2. The molecule has 0 aliphatic rings. The van der Waals surface area contributed by atoms with Gasteiger partial charge in [-0.2, -0.15) is 0 Å². The third-order valence-electron chi connectivity index (χ3n) is 4.23. The highest BCUT2D eigenvalue weighted by molar-refractivity contribution is 5.97. The summed E-state index contributed by atoms with van der Waals surface area (Å²) in [4.78, 5) is 12.5. The third-order valence-corrected chi connectivity index (χ3v) is 4.23. The molecule has 0 radical (unpaired) electrons. The molecule has 0 aliphatic carbocycles. The molecule has 0 heterocycles. The molecule has 126 valence electrons. The summed E-state index contributed by atoms with van der Waals surface area (Å²) in [6.07, 6.45) is 1.29. The van der Waals surface area contributed by atoms with Gasteiger partial charge in [-0.05, 0) is 48.2 Å². The maximum atomic E-state index is 12.5. The van der Waals surface area contributed by atoms with Gasteiger partial charge in [-0.15, -0.1) is 0 Å². The molecule has 0 unspecified atom stereocenters. The Labute approximate surface area is 149 Å². The van der Waals surface area contributed by atoms with Gasteiger partial charge in [-0.25, -0.2) is 0 Å². The predicted octanol–water partition coefficient (Wildman–Crippen LogP) is 5.39. The van der Waals surface area contributed by atoms with Gasteiger partial charge in [0, 0.05) is 12.0 Å². The molecule has 25 heavy (non-hydrogen) atoms. The van der Waals surface area contributed by atoms with Crippen LogP contribution in [0, 0.1) is 6.92 Å². The standard InChI is InChI=1S/C23H22O2/c1-18-16-21(25-17-20-10-6-3-7-11-20)13-14-22(18)23(24)15-12-19-8-4-2-5-9-19/h2-11,13-14,16H,12,15,17H2,1H3. The first kappa shape index (κ1) is 17.0. The number of hydrogen-bond acceptors (Lipinski definition) is 2. The molecule has 0 atom stereocenters. The smallest absolute Gasteiger partial charge is 0.163 e. The fourth-order valence-corrected chi connectivity index (χ4v) is 2.82. The molecule has 0 saturated carbocycles. The zero-order valence-corrected chi connectivity index (χ0v) is 14.4. The number of carbonyl (C=O) groups is 1. The second-order valence-corrected chi connectivity index (χ2v) is 6.16. The maximum absolute atomic E-state index is 12.5. The predicted molar refractivity (Wildman–Crippen MR) is 101 cm³/mol. The zero-order valence-electron chi connectivity index (χ0n) is 14.4. The van der Waals surface area contributed by atoms with E-state index in [9.17, 15) is 4.79 Å². The molecule has 0 fully saturated rings. The molecule has 0 bridgehead atoms. The van der Waals surface area contributed by atoms with Gasteiger partial charge in [-0.1, -0.05) is 60.7 Å². The molecular weight excluding hydrogens is 308 g/mol. The molecule has 3 aromatic rings. The van der Waals surface area contributed by atoms with Crippen LogP contribution in [0.25, 0.3) is 0 Å². The van der Waals surface area contributed by atoms with Gasteiger partial charge in [0.1, 0.15) is 12.4 Å². The third kappa shape index (κ3) is 4.80. The van der Waals surface area contributed by atoms with Crippen LogP contribution in [0.2, 0.25) is 0 Å². The van der Waals surface area contributed by atoms with E-state index in [-0.39, 0.29) is 5.78 Å². The number of benzene rings is 3. The summed E-state index contributed by atoms with van der Waals surface area (Å²) in [5.41, 5.74) is 4.06. The number of rotatable bonds is 7. The van der Waals surface area contributed by atoms with Crippen molar-refractivity contribution in [1.29, 1.82) is 0 Å². The average Bonchev–Trinajstić information content (AvgIpc) is 2.66. The van der Waals surface area contributed by atoms with Crippen LogP contribution in [-0.2, 0) is 13.0 Å². The Morgan fingerprint density at radius 3 is 2.12 bits per heavy atom. The van der Waals surface area contributed by atoms with Crippen molar-refractivity contribution in [3.63, 3.8) is 0 Å². The van der Waals surface area contributed by atoms with Crippen LogP contribution in [0.5, 0.6) is 5.75 Å². The van der Waals surface area contributed by atoms with Crippen molar-refractivity contribution >= 4 is 5.78 Å². The van der Waals surface area contributed by atoms with Crippen molar-refractivity contribution < 1.29 is 9.53 Å². The van der Waals surface area contributed by atoms with E-state index in [1.54, 1.807) is 0 Å². The molecular formula is C23H22O2. The Kier molecular flexibility index (Phi) is 5.63. The number of Topliss-reactive ketones (excluding diaryl/α,β-unsaturated/α-hetero) is 1. The summed E-state index contributed by atoms with van der Waals surface area (Å²) in [6.45, 7) is 2.49. The first-order valence-corrected chi connectivity index (χ1v) is 8.57. The average molecular weight is 330 g/mol. The van der Waals surface area contributed by atoms with Crippen molar-refractivity contribution in [3.05, 3.63) is 101 Å². The second kappa shape index (κ2) is 8.29. The lowest BCUT2D eigenvalue weighted by atomic mass is 9.99. The monoisotopic (exact) mass is 330 g/mol. The largest absolute Gasteiger partial charge is 0.489 e. The molecule has 0 aliphatic heterocycles. The summed E-state index contributed by atoms with van der Waals surface area (Å²) in [7, 11) is 0. The lowest BCUT2D eigenvalue weighted by molar-refractivity contribution is 0.0982. The lowest BCUT2D eigenvalue weighted by Crippen LogP contribution is -2.04. The van der Waals surface area contributed by atoms with Crippen molar-refractivity contribution in [1.82, 2.24) is 0 Å². The van der Waals surface area contributed by atoms with Crippen LogP contribution >= 0.6 is 0 Å². The molecule has 0 amide bonds. The summed E-state index contributed by atoms with van der Waals surface area (Å²) < 4.78 is 5.83. The first-order valence-electron chi connectivity index (χ1n) is 8.57. The van der Waals surface area contributed by atoms with Crippen LogP contribution in [0.4, 0.5) is 0 Å². The SMILES string of the molecule is Cc1cc(OCc2ccccc2)ccc1C(=O)CCc1ccccc1. The fourth-order valence-electron chi connectivity index (χ4n) is 2.82. The van der Waals surface area contributed by atoms with E-state index in [1.807, 2.05) is 73.7 Å². The quantitative estimate of drug-likeness (QED) is 0.543. The van der Waals surface area contributed by atoms with Gasteiger partial charge in [0.2, 0.25) is 0 Å². The minimum atomic E-state index is 0.177. The Balaban J connectivity index is 1.60. The minimum Gasteiger partial charge on any atom is -0.489 e. The summed E-state index contributed by atoms with van der Waals surface area (Å²) in [5.74, 6) is 0.969. The van der Waals surface area contributed by atoms with E-state index in [2.05, 4.69) is 12.1 Å². The highest BCUT2D eigenvalue weighted by Crippen LogP contribution is 2.20. The van der Waals surface area contributed by atoms with Gasteiger partial charge in [0.25, 0.3) is 0 Å². The number of aryl methyl sites for hydroxylation is 2. The van der Waals surface area contributed by atoms with E-state index in [4.69, 9.17) is 4.74 Å². The van der Waals surface area contributed by atoms with Crippen LogP contribution < -0.4 is 4.74 Å². The Morgan fingerprint density at radius 2 is 1.48 bits per heavy atom. The van der Waals surface area contributed by atoms with Crippen molar-refractivity contribution in [2.24, 2.45) is 0 Å². The van der Waals surface area contributed by atoms with E-state index < -0.39 is 0 Å². The minimum absolute atomic E-state index is 0.177. The fraction of sp³-hybridized carbons (Fsp3) is 0.174. The van der Waals surface area contributed by atoms with Gasteiger partial charge in [-0.3, -0.25) is 4.79 Å². The summed E-state index contributed by atoms with van der Waals surface area (Å²) in [5, 5.41) is 0. The van der Waals surface area contributed by atoms with E-state index in [1.165, 1.54) is 5.56 Å². The Bertz CT molecular complexity index is 823. The van der Waals surface area contributed by atoms with E-state index in [0.29, 0.717) is 13.0 Å². The number of ketones is 1. The second-order valence-electron chi connectivity index (χ2n) is 6.16. The van der Waals surface area contributed by atoms with Crippen LogP contribution in [0.1, 0.15) is 33.5 Å². The van der Waals surface area contributed by atoms with Crippen LogP contribution in [0.3, 0.4) is 0 Å². The Hall–Kier alpha value is -2.87.